The average Bonchev–Trinajstić information content (AvgIpc) is 2.47. The zero-order valence-electron chi connectivity index (χ0n) is 11.7. The van der Waals surface area contributed by atoms with Crippen molar-refractivity contribution in [2.24, 2.45) is 0 Å². The minimum absolute atomic E-state index is 0.194. The van der Waals surface area contributed by atoms with Crippen LogP contribution in [0.15, 0.2) is 24.3 Å². The summed E-state index contributed by atoms with van der Waals surface area (Å²) in [5.74, 6) is -0.979. The first-order chi connectivity index (χ1) is 9.99. The monoisotopic (exact) mass is 291 g/mol. The van der Waals surface area contributed by atoms with Crippen LogP contribution in [0.5, 0.6) is 0 Å². The van der Waals surface area contributed by atoms with E-state index < -0.39 is 18.2 Å². The number of aliphatic hydroxyl groups excluding tert-OH is 2. The minimum atomic E-state index is -1.33. The zero-order chi connectivity index (χ0) is 15.8. The summed E-state index contributed by atoms with van der Waals surface area (Å²) in [6.45, 7) is 1.84. The Morgan fingerprint density at radius 2 is 2.10 bits per heavy atom. The second kappa shape index (κ2) is 8.15. The van der Waals surface area contributed by atoms with E-state index in [1.54, 1.807) is 19.1 Å². The number of ketones is 1. The SMILES string of the molecule is CCOC(=O)CC(O)C(O)c1cccc(C(=O)CC#N)c1. The third-order valence-corrected chi connectivity index (χ3v) is 2.84. The Labute approximate surface area is 122 Å². The van der Waals surface area contributed by atoms with Gasteiger partial charge in [-0.25, -0.2) is 0 Å². The van der Waals surface area contributed by atoms with Gasteiger partial charge in [0.2, 0.25) is 0 Å². The van der Waals surface area contributed by atoms with E-state index in [2.05, 4.69) is 0 Å². The molecular formula is C15H17NO5. The topological polar surface area (TPSA) is 108 Å². The number of aliphatic hydroxyl groups is 2. The van der Waals surface area contributed by atoms with Crippen molar-refractivity contribution in [3.63, 3.8) is 0 Å². The Kier molecular flexibility index (Phi) is 6.53. The number of nitrogens with zero attached hydrogens (tertiary/aromatic N) is 1. The lowest BCUT2D eigenvalue weighted by Gasteiger charge is -2.17. The Morgan fingerprint density at radius 3 is 2.71 bits per heavy atom. The molecular weight excluding hydrogens is 274 g/mol. The second-order valence-electron chi connectivity index (χ2n) is 4.40. The van der Waals surface area contributed by atoms with Crippen LogP contribution in [0.1, 0.15) is 41.8 Å². The third-order valence-electron chi connectivity index (χ3n) is 2.84. The van der Waals surface area contributed by atoms with Crippen LogP contribution in [0, 0.1) is 11.3 Å². The first-order valence-corrected chi connectivity index (χ1v) is 6.51. The highest BCUT2D eigenvalue weighted by Crippen LogP contribution is 2.21. The number of nitriles is 1. The maximum Gasteiger partial charge on any atom is 0.308 e. The molecule has 112 valence electrons. The number of Topliss-reactive ketones (excluding diaryl/α,β-unsaturated/α-hetero) is 1. The summed E-state index contributed by atoms with van der Waals surface area (Å²) >= 11 is 0. The number of hydrogen-bond acceptors (Lipinski definition) is 6. The minimum Gasteiger partial charge on any atom is -0.466 e. The fourth-order valence-corrected chi connectivity index (χ4v) is 1.79. The van der Waals surface area contributed by atoms with Gasteiger partial charge >= 0.3 is 5.97 Å². The van der Waals surface area contributed by atoms with Crippen LogP contribution >= 0.6 is 0 Å². The number of ether oxygens (including phenoxy) is 1. The number of benzene rings is 1. The molecule has 2 atom stereocenters. The van der Waals surface area contributed by atoms with Crippen LogP contribution in [0.2, 0.25) is 0 Å². The number of rotatable bonds is 7. The first kappa shape index (κ1) is 16.8. The molecule has 0 aliphatic rings. The van der Waals surface area contributed by atoms with Gasteiger partial charge in [0, 0.05) is 5.56 Å². The molecule has 6 heteroatoms. The van der Waals surface area contributed by atoms with E-state index in [1.807, 2.05) is 0 Å². The lowest BCUT2D eigenvalue weighted by atomic mass is 9.98. The van der Waals surface area contributed by atoms with Gasteiger partial charge in [0.05, 0.1) is 31.6 Å². The average molecular weight is 291 g/mol. The molecule has 0 radical (unpaired) electrons. The van der Waals surface area contributed by atoms with Gasteiger partial charge in [-0.2, -0.15) is 5.26 Å². The fraction of sp³-hybridized carbons (Fsp3) is 0.400. The molecule has 0 bridgehead atoms. The molecule has 2 N–H and O–H groups in total. The predicted molar refractivity (Wildman–Crippen MR) is 73.2 cm³/mol. The smallest absolute Gasteiger partial charge is 0.308 e. The first-order valence-electron chi connectivity index (χ1n) is 6.51. The second-order valence-corrected chi connectivity index (χ2v) is 4.40. The zero-order valence-corrected chi connectivity index (χ0v) is 11.7. The van der Waals surface area contributed by atoms with Crippen molar-refractivity contribution in [3.8, 4) is 6.07 Å². The molecule has 0 aliphatic carbocycles. The van der Waals surface area contributed by atoms with Gasteiger partial charge in [-0.3, -0.25) is 9.59 Å². The maximum absolute atomic E-state index is 11.6. The van der Waals surface area contributed by atoms with Crippen molar-refractivity contribution in [3.05, 3.63) is 35.4 Å². The number of esters is 1. The molecule has 1 aromatic carbocycles. The van der Waals surface area contributed by atoms with Crippen molar-refractivity contribution >= 4 is 11.8 Å². The summed E-state index contributed by atoms with van der Waals surface area (Å²) in [5, 5.41) is 28.3. The summed E-state index contributed by atoms with van der Waals surface area (Å²) in [7, 11) is 0. The molecule has 0 spiro atoms. The summed E-state index contributed by atoms with van der Waals surface area (Å²) in [6, 6.07) is 7.75. The molecule has 0 aromatic heterocycles. The van der Waals surface area contributed by atoms with Gasteiger partial charge in [0.25, 0.3) is 0 Å². The third kappa shape index (κ3) is 4.99. The van der Waals surface area contributed by atoms with Crippen LogP contribution in [0.3, 0.4) is 0 Å². The number of hydrogen-bond donors (Lipinski definition) is 2. The van der Waals surface area contributed by atoms with Crippen molar-refractivity contribution in [2.45, 2.75) is 32.0 Å². The highest BCUT2D eigenvalue weighted by Gasteiger charge is 2.22. The molecule has 0 aliphatic heterocycles. The van der Waals surface area contributed by atoms with Crippen molar-refractivity contribution in [1.82, 2.24) is 0 Å². The summed E-state index contributed by atoms with van der Waals surface area (Å²) in [6.07, 6.45) is -3.24. The normalized spacial score (nSPS) is 13.0. The van der Waals surface area contributed by atoms with E-state index in [4.69, 9.17) is 10.00 Å². The Bertz CT molecular complexity index is 549. The Balaban J connectivity index is 2.80. The highest BCUT2D eigenvalue weighted by molar-refractivity contribution is 5.97. The molecule has 0 saturated carbocycles. The number of carbonyl (C=O) groups excluding carboxylic acids is 2. The molecule has 0 amide bonds. The molecule has 6 nitrogen and oxygen atoms in total. The van der Waals surface area contributed by atoms with Crippen molar-refractivity contribution < 1.29 is 24.5 Å². The standard InChI is InChI=1S/C15H17NO5/c1-2-21-14(19)9-13(18)15(20)11-5-3-4-10(8-11)12(17)6-7-16/h3-5,8,13,15,18,20H,2,6,9H2,1H3. The molecule has 2 unspecified atom stereocenters. The summed E-state index contributed by atoms with van der Waals surface area (Å²) in [5.41, 5.74) is 0.576. The van der Waals surface area contributed by atoms with Gasteiger partial charge in [0.15, 0.2) is 5.78 Å². The number of carbonyl (C=O) groups is 2. The van der Waals surface area contributed by atoms with Crippen LogP contribution in [-0.2, 0) is 9.53 Å². The van der Waals surface area contributed by atoms with E-state index in [0.29, 0.717) is 5.56 Å². The lowest BCUT2D eigenvalue weighted by Crippen LogP contribution is -2.23. The van der Waals surface area contributed by atoms with Crippen LogP contribution < -0.4 is 0 Å². The van der Waals surface area contributed by atoms with E-state index in [9.17, 15) is 19.8 Å². The van der Waals surface area contributed by atoms with Crippen LogP contribution in [-0.4, -0.2) is 34.7 Å². The predicted octanol–water partition coefficient (Wildman–Crippen LogP) is 1.13. The van der Waals surface area contributed by atoms with Gasteiger partial charge in [-0.05, 0) is 18.6 Å². The van der Waals surface area contributed by atoms with Gasteiger partial charge in [0.1, 0.15) is 6.10 Å². The van der Waals surface area contributed by atoms with Gasteiger partial charge in [-0.1, -0.05) is 18.2 Å². The molecule has 0 heterocycles. The van der Waals surface area contributed by atoms with E-state index >= 15 is 0 Å². The molecule has 1 rings (SSSR count). The summed E-state index contributed by atoms with van der Waals surface area (Å²) < 4.78 is 4.69. The lowest BCUT2D eigenvalue weighted by molar-refractivity contribution is -0.147. The van der Waals surface area contributed by atoms with E-state index in [-0.39, 0.29) is 30.8 Å². The van der Waals surface area contributed by atoms with Gasteiger partial charge in [-0.15, -0.1) is 0 Å². The Hall–Kier alpha value is -2.23. The molecule has 0 saturated heterocycles. The highest BCUT2D eigenvalue weighted by atomic mass is 16.5. The molecule has 21 heavy (non-hydrogen) atoms. The van der Waals surface area contributed by atoms with Crippen molar-refractivity contribution in [1.29, 1.82) is 5.26 Å². The molecule has 0 fully saturated rings. The van der Waals surface area contributed by atoms with Crippen molar-refractivity contribution in [2.75, 3.05) is 6.61 Å². The van der Waals surface area contributed by atoms with Crippen LogP contribution in [0.4, 0.5) is 0 Å². The largest absolute Gasteiger partial charge is 0.466 e. The van der Waals surface area contributed by atoms with E-state index in [0.717, 1.165) is 0 Å². The van der Waals surface area contributed by atoms with Gasteiger partial charge < -0.3 is 14.9 Å². The quantitative estimate of drug-likeness (QED) is 0.576. The van der Waals surface area contributed by atoms with E-state index in [1.165, 1.54) is 18.2 Å². The van der Waals surface area contributed by atoms with Crippen LogP contribution in [0.25, 0.3) is 0 Å². The fourth-order valence-electron chi connectivity index (χ4n) is 1.79. The summed E-state index contributed by atoms with van der Waals surface area (Å²) in [4.78, 5) is 22.9. The maximum atomic E-state index is 11.6. The Morgan fingerprint density at radius 1 is 1.38 bits per heavy atom. The molecule has 1 aromatic rings.